The van der Waals surface area contributed by atoms with Gasteiger partial charge in [-0.15, -0.1) is 0 Å². The SMILES string of the molecule is Nc1ncnc(SCC(=O)NCc2ccc(F)cc2)n1. The molecule has 0 saturated heterocycles. The minimum Gasteiger partial charge on any atom is -0.368 e. The van der Waals surface area contributed by atoms with Gasteiger partial charge in [0.25, 0.3) is 0 Å². The van der Waals surface area contributed by atoms with Gasteiger partial charge < -0.3 is 11.1 Å². The third-order valence-corrected chi connectivity index (χ3v) is 3.17. The molecule has 1 aromatic heterocycles. The summed E-state index contributed by atoms with van der Waals surface area (Å²) in [7, 11) is 0. The monoisotopic (exact) mass is 293 g/mol. The van der Waals surface area contributed by atoms with Crippen LogP contribution in [0.3, 0.4) is 0 Å². The number of benzene rings is 1. The van der Waals surface area contributed by atoms with E-state index in [0.29, 0.717) is 11.7 Å². The number of hydrogen-bond donors (Lipinski definition) is 2. The molecule has 0 radical (unpaired) electrons. The number of nitrogen functional groups attached to an aromatic ring is 1. The molecule has 2 aromatic rings. The number of anilines is 1. The third kappa shape index (κ3) is 4.47. The summed E-state index contributed by atoms with van der Waals surface area (Å²) in [5.74, 6) is -0.180. The van der Waals surface area contributed by atoms with E-state index in [1.807, 2.05) is 0 Å². The molecule has 0 unspecified atom stereocenters. The molecule has 0 fully saturated rings. The van der Waals surface area contributed by atoms with Gasteiger partial charge in [0, 0.05) is 6.54 Å². The number of rotatable bonds is 5. The lowest BCUT2D eigenvalue weighted by Crippen LogP contribution is -2.24. The molecule has 1 amide bonds. The van der Waals surface area contributed by atoms with Crippen molar-refractivity contribution in [3.8, 4) is 0 Å². The molecular weight excluding hydrogens is 281 g/mol. The van der Waals surface area contributed by atoms with Crippen LogP contribution in [0.25, 0.3) is 0 Å². The smallest absolute Gasteiger partial charge is 0.230 e. The van der Waals surface area contributed by atoms with E-state index in [2.05, 4.69) is 20.3 Å². The molecule has 0 aliphatic carbocycles. The average molecular weight is 293 g/mol. The van der Waals surface area contributed by atoms with Crippen molar-refractivity contribution < 1.29 is 9.18 Å². The molecule has 0 bridgehead atoms. The Balaban J connectivity index is 1.77. The lowest BCUT2D eigenvalue weighted by Gasteiger charge is -2.05. The van der Waals surface area contributed by atoms with E-state index in [4.69, 9.17) is 5.73 Å². The first kappa shape index (κ1) is 14.2. The lowest BCUT2D eigenvalue weighted by atomic mass is 10.2. The second-order valence-corrected chi connectivity index (χ2v) is 4.76. The molecule has 1 aromatic carbocycles. The van der Waals surface area contributed by atoms with Crippen LogP contribution in [0, 0.1) is 5.82 Å². The topological polar surface area (TPSA) is 93.8 Å². The molecule has 104 valence electrons. The Morgan fingerprint density at radius 3 is 2.75 bits per heavy atom. The zero-order valence-corrected chi connectivity index (χ0v) is 11.2. The first-order valence-electron chi connectivity index (χ1n) is 5.72. The van der Waals surface area contributed by atoms with E-state index in [1.54, 1.807) is 12.1 Å². The second-order valence-electron chi connectivity index (χ2n) is 3.82. The first-order valence-corrected chi connectivity index (χ1v) is 6.70. The highest BCUT2D eigenvalue weighted by atomic mass is 32.2. The molecule has 8 heteroatoms. The number of amides is 1. The summed E-state index contributed by atoms with van der Waals surface area (Å²) in [4.78, 5) is 23.0. The van der Waals surface area contributed by atoms with Crippen LogP contribution in [-0.4, -0.2) is 26.6 Å². The molecular formula is C12H12FN5OS. The van der Waals surface area contributed by atoms with Crippen LogP contribution in [0.1, 0.15) is 5.56 Å². The van der Waals surface area contributed by atoms with Gasteiger partial charge in [-0.25, -0.2) is 14.4 Å². The van der Waals surface area contributed by atoms with Crippen molar-refractivity contribution in [2.45, 2.75) is 11.7 Å². The zero-order valence-electron chi connectivity index (χ0n) is 10.4. The average Bonchev–Trinajstić information content (AvgIpc) is 2.45. The van der Waals surface area contributed by atoms with Crippen molar-refractivity contribution in [2.75, 3.05) is 11.5 Å². The van der Waals surface area contributed by atoms with Gasteiger partial charge >= 0.3 is 0 Å². The molecule has 20 heavy (non-hydrogen) atoms. The fourth-order valence-corrected chi connectivity index (χ4v) is 1.99. The van der Waals surface area contributed by atoms with Crippen LogP contribution in [0.5, 0.6) is 0 Å². The maximum absolute atomic E-state index is 12.7. The van der Waals surface area contributed by atoms with Gasteiger partial charge in [-0.3, -0.25) is 4.79 Å². The summed E-state index contributed by atoms with van der Waals surface area (Å²) >= 11 is 1.17. The van der Waals surface area contributed by atoms with Crippen LogP contribution < -0.4 is 11.1 Å². The highest BCUT2D eigenvalue weighted by Gasteiger charge is 2.05. The van der Waals surface area contributed by atoms with E-state index in [9.17, 15) is 9.18 Å². The maximum atomic E-state index is 12.7. The molecule has 2 rings (SSSR count). The molecule has 0 saturated carbocycles. The summed E-state index contributed by atoms with van der Waals surface area (Å²) in [6.45, 7) is 0.346. The Hall–Kier alpha value is -2.22. The predicted octanol–water partition coefficient (Wildman–Crippen LogP) is 1.00. The number of carbonyl (C=O) groups excluding carboxylic acids is 1. The number of nitrogens with zero attached hydrogens (tertiary/aromatic N) is 3. The zero-order chi connectivity index (χ0) is 14.4. The number of carbonyl (C=O) groups is 1. The van der Waals surface area contributed by atoms with Crippen molar-refractivity contribution in [2.24, 2.45) is 0 Å². The molecule has 0 aliphatic heterocycles. The standard InChI is InChI=1S/C12H12FN5OS/c13-9-3-1-8(2-4-9)5-15-10(19)6-20-12-17-7-16-11(14)18-12/h1-4,7H,5-6H2,(H,15,19)(H2,14,16,17,18). The summed E-state index contributed by atoms with van der Waals surface area (Å²) < 4.78 is 12.7. The summed E-state index contributed by atoms with van der Waals surface area (Å²) in [5, 5.41) is 3.12. The van der Waals surface area contributed by atoms with E-state index in [-0.39, 0.29) is 23.4 Å². The van der Waals surface area contributed by atoms with Crippen molar-refractivity contribution in [3.63, 3.8) is 0 Å². The molecule has 0 aliphatic rings. The number of aromatic nitrogens is 3. The number of hydrogen-bond acceptors (Lipinski definition) is 6. The first-order chi connectivity index (χ1) is 9.63. The number of halogens is 1. The van der Waals surface area contributed by atoms with Crippen LogP contribution in [-0.2, 0) is 11.3 Å². The van der Waals surface area contributed by atoms with Crippen molar-refractivity contribution in [1.29, 1.82) is 0 Å². The lowest BCUT2D eigenvalue weighted by molar-refractivity contribution is -0.118. The summed E-state index contributed by atoms with van der Waals surface area (Å²) in [6.07, 6.45) is 1.29. The molecule has 6 nitrogen and oxygen atoms in total. The van der Waals surface area contributed by atoms with Crippen molar-refractivity contribution in [1.82, 2.24) is 20.3 Å². The Labute approximate surface area is 119 Å². The number of nitrogens with two attached hydrogens (primary N) is 1. The van der Waals surface area contributed by atoms with Gasteiger partial charge in [-0.1, -0.05) is 23.9 Å². The Kier molecular flexibility index (Phi) is 4.83. The van der Waals surface area contributed by atoms with Crippen molar-refractivity contribution >= 4 is 23.6 Å². The largest absolute Gasteiger partial charge is 0.368 e. The molecule has 0 atom stereocenters. The van der Waals surface area contributed by atoms with Gasteiger partial charge in [0.1, 0.15) is 12.1 Å². The number of thioether (sulfide) groups is 1. The second kappa shape index (κ2) is 6.80. The van der Waals surface area contributed by atoms with Gasteiger partial charge in [-0.2, -0.15) is 4.98 Å². The quantitative estimate of drug-likeness (QED) is 0.799. The van der Waals surface area contributed by atoms with Crippen LogP contribution in [0.2, 0.25) is 0 Å². The Morgan fingerprint density at radius 2 is 2.05 bits per heavy atom. The van der Waals surface area contributed by atoms with Gasteiger partial charge in [0.15, 0.2) is 5.16 Å². The molecule has 3 N–H and O–H groups in total. The summed E-state index contributed by atoms with van der Waals surface area (Å²) in [5.41, 5.74) is 6.23. The van der Waals surface area contributed by atoms with Crippen molar-refractivity contribution in [3.05, 3.63) is 42.0 Å². The number of nitrogens with one attached hydrogen (secondary N) is 1. The maximum Gasteiger partial charge on any atom is 0.230 e. The highest BCUT2D eigenvalue weighted by Crippen LogP contribution is 2.11. The van der Waals surface area contributed by atoms with Gasteiger partial charge in [0.2, 0.25) is 11.9 Å². The molecule has 1 heterocycles. The van der Waals surface area contributed by atoms with Gasteiger partial charge in [-0.05, 0) is 17.7 Å². The fraction of sp³-hybridized carbons (Fsp3) is 0.167. The van der Waals surface area contributed by atoms with E-state index >= 15 is 0 Å². The van der Waals surface area contributed by atoms with E-state index in [1.165, 1.54) is 30.2 Å². The third-order valence-electron chi connectivity index (χ3n) is 2.30. The Morgan fingerprint density at radius 1 is 1.30 bits per heavy atom. The van der Waals surface area contributed by atoms with E-state index in [0.717, 1.165) is 5.56 Å². The minimum absolute atomic E-state index is 0.120. The predicted molar refractivity (Wildman–Crippen MR) is 73.2 cm³/mol. The molecule has 0 spiro atoms. The normalized spacial score (nSPS) is 10.2. The van der Waals surface area contributed by atoms with Crippen LogP contribution in [0.15, 0.2) is 35.7 Å². The van der Waals surface area contributed by atoms with Crippen LogP contribution >= 0.6 is 11.8 Å². The minimum atomic E-state index is -0.303. The Bertz CT molecular complexity index is 593. The van der Waals surface area contributed by atoms with E-state index < -0.39 is 0 Å². The highest BCUT2D eigenvalue weighted by molar-refractivity contribution is 7.99. The summed E-state index contributed by atoms with van der Waals surface area (Å²) in [6, 6.07) is 5.94. The van der Waals surface area contributed by atoms with Crippen LogP contribution in [0.4, 0.5) is 10.3 Å². The fourth-order valence-electron chi connectivity index (χ4n) is 1.35. The van der Waals surface area contributed by atoms with Gasteiger partial charge in [0.05, 0.1) is 5.75 Å².